The molecular formula is C19H23N3O2. The fourth-order valence-corrected chi connectivity index (χ4v) is 2.32. The predicted molar refractivity (Wildman–Crippen MR) is 93.1 cm³/mol. The zero-order chi connectivity index (χ0) is 17.4. The topological polar surface area (TPSA) is 53.5 Å². The van der Waals surface area contributed by atoms with Crippen molar-refractivity contribution in [2.24, 2.45) is 0 Å². The minimum atomic E-state index is -0.167. The van der Waals surface area contributed by atoms with E-state index in [-0.39, 0.29) is 18.2 Å². The minimum Gasteiger partial charge on any atom is -0.345 e. The van der Waals surface area contributed by atoms with Gasteiger partial charge in [0.2, 0.25) is 11.8 Å². The molecule has 24 heavy (non-hydrogen) atoms. The molecule has 0 radical (unpaired) electrons. The molecule has 0 aliphatic rings. The van der Waals surface area contributed by atoms with E-state index in [0.717, 1.165) is 17.5 Å². The second kappa shape index (κ2) is 8.82. The Morgan fingerprint density at radius 1 is 0.875 bits per heavy atom. The van der Waals surface area contributed by atoms with Crippen LogP contribution in [0, 0.1) is 0 Å². The van der Waals surface area contributed by atoms with E-state index < -0.39 is 0 Å². The maximum absolute atomic E-state index is 12.2. The van der Waals surface area contributed by atoms with E-state index in [9.17, 15) is 9.59 Å². The predicted octanol–water partition coefficient (Wildman–Crippen LogP) is 2.13. The van der Waals surface area contributed by atoms with Crippen molar-refractivity contribution in [3.63, 3.8) is 0 Å². The number of nitrogens with zero attached hydrogens (tertiary/aromatic N) is 3. The molecule has 0 aliphatic carbocycles. The zero-order valence-electron chi connectivity index (χ0n) is 14.2. The van der Waals surface area contributed by atoms with Crippen LogP contribution in [0.4, 0.5) is 0 Å². The third-order valence-corrected chi connectivity index (χ3v) is 3.90. The van der Waals surface area contributed by atoms with Crippen LogP contribution in [0.15, 0.2) is 54.9 Å². The molecule has 5 heteroatoms. The number of likely N-dealkylation sites (N-methyl/N-ethyl adjacent to an activating group) is 1. The quantitative estimate of drug-likeness (QED) is 0.733. The molecule has 0 atom stereocenters. The van der Waals surface area contributed by atoms with Crippen molar-refractivity contribution < 1.29 is 9.59 Å². The van der Waals surface area contributed by atoms with Crippen LogP contribution in [0.1, 0.15) is 17.5 Å². The van der Waals surface area contributed by atoms with Crippen molar-refractivity contribution in [1.82, 2.24) is 14.8 Å². The van der Waals surface area contributed by atoms with Gasteiger partial charge in [-0.3, -0.25) is 14.6 Å². The van der Waals surface area contributed by atoms with Crippen LogP contribution < -0.4 is 0 Å². The number of hydrogen-bond donors (Lipinski definition) is 0. The molecule has 0 saturated heterocycles. The molecule has 2 amide bonds. The smallest absolute Gasteiger partial charge is 0.232 e. The second-order valence-corrected chi connectivity index (χ2v) is 5.83. The number of carbonyl (C=O) groups is 2. The fourth-order valence-electron chi connectivity index (χ4n) is 2.32. The molecular weight excluding hydrogens is 302 g/mol. The third kappa shape index (κ3) is 5.50. The van der Waals surface area contributed by atoms with Gasteiger partial charge < -0.3 is 9.80 Å². The average Bonchev–Trinajstić information content (AvgIpc) is 2.61. The zero-order valence-corrected chi connectivity index (χ0v) is 14.2. The van der Waals surface area contributed by atoms with Gasteiger partial charge in [0.1, 0.15) is 6.42 Å². The molecule has 1 heterocycles. The average molecular weight is 325 g/mol. The lowest BCUT2D eigenvalue weighted by Gasteiger charge is -2.20. The van der Waals surface area contributed by atoms with Gasteiger partial charge in [0, 0.05) is 39.6 Å². The highest BCUT2D eigenvalue weighted by atomic mass is 16.2. The first-order valence-electron chi connectivity index (χ1n) is 7.97. The maximum atomic E-state index is 12.2. The first-order valence-corrected chi connectivity index (χ1v) is 7.97. The summed E-state index contributed by atoms with van der Waals surface area (Å²) in [5.41, 5.74) is 2.17. The Hall–Kier alpha value is -2.69. The van der Waals surface area contributed by atoms with Crippen LogP contribution in [-0.4, -0.2) is 47.2 Å². The lowest BCUT2D eigenvalue weighted by Crippen LogP contribution is -2.35. The van der Waals surface area contributed by atoms with E-state index in [1.165, 1.54) is 0 Å². The Kier molecular flexibility index (Phi) is 6.49. The lowest BCUT2D eigenvalue weighted by molar-refractivity contribution is -0.139. The molecule has 0 unspecified atom stereocenters. The molecule has 0 N–H and O–H groups in total. The highest BCUT2D eigenvalue weighted by molar-refractivity contribution is 5.96. The number of benzene rings is 1. The van der Waals surface area contributed by atoms with Crippen molar-refractivity contribution in [2.45, 2.75) is 19.4 Å². The lowest BCUT2D eigenvalue weighted by atomic mass is 10.2. The van der Waals surface area contributed by atoms with Crippen LogP contribution in [0.25, 0.3) is 0 Å². The van der Waals surface area contributed by atoms with Gasteiger partial charge >= 0.3 is 0 Å². The summed E-state index contributed by atoms with van der Waals surface area (Å²) >= 11 is 0. The molecule has 0 saturated carbocycles. The van der Waals surface area contributed by atoms with Gasteiger partial charge in [0.15, 0.2) is 0 Å². The summed E-state index contributed by atoms with van der Waals surface area (Å²) in [6.07, 6.45) is 4.12. The fraction of sp³-hybridized carbons (Fsp3) is 0.316. The molecule has 0 aliphatic heterocycles. The van der Waals surface area contributed by atoms with Crippen LogP contribution >= 0.6 is 0 Å². The molecule has 2 aromatic rings. The van der Waals surface area contributed by atoms with Gasteiger partial charge in [0.05, 0.1) is 0 Å². The van der Waals surface area contributed by atoms with E-state index >= 15 is 0 Å². The van der Waals surface area contributed by atoms with Crippen LogP contribution in [0.3, 0.4) is 0 Å². The molecule has 126 valence electrons. The summed E-state index contributed by atoms with van der Waals surface area (Å²) in [6, 6.07) is 13.6. The Balaban J connectivity index is 1.78. The Morgan fingerprint density at radius 3 is 2.17 bits per heavy atom. The van der Waals surface area contributed by atoms with Gasteiger partial charge in [-0.2, -0.15) is 0 Å². The first-order chi connectivity index (χ1) is 11.6. The molecule has 1 aromatic carbocycles. The number of pyridine rings is 1. The Morgan fingerprint density at radius 2 is 1.50 bits per heavy atom. The summed E-state index contributed by atoms with van der Waals surface area (Å²) in [6.45, 7) is 1.09. The van der Waals surface area contributed by atoms with Crippen molar-refractivity contribution in [1.29, 1.82) is 0 Å². The largest absolute Gasteiger partial charge is 0.345 e. The number of rotatable bonds is 7. The van der Waals surface area contributed by atoms with E-state index in [2.05, 4.69) is 4.98 Å². The van der Waals surface area contributed by atoms with Gasteiger partial charge in [-0.1, -0.05) is 30.3 Å². The highest BCUT2D eigenvalue weighted by Gasteiger charge is 2.17. The Bertz CT molecular complexity index is 659. The standard InChI is InChI=1S/C19H23N3O2/c1-21(13-10-16-8-11-20-12-9-16)18(23)14-19(24)22(2)15-17-6-4-3-5-7-17/h3-9,11-12H,10,13-15H2,1-2H3. The van der Waals surface area contributed by atoms with E-state index in [1.807, 2.05) is 42.5 Å². The molecule has 2 rings (SSSR count). The first kappa shape index (κ1) is 17.7. The van der Waals surface area contributed by atoms with Gasteiger partial charge in [0.25, 0.3) is 0 Å². The number of aromatic nitrogens is 1. The highest BCUT2D eigenvalue weighted by Crippen LogP contribution is 2.06. The number of carbonyl (C=O) groups excluding carboxylic acids is 2. The monoisotopic (exact) mass is 325 g/mol. The van der Waals surface area contributed by atoms with Gasteiger partial charge in [-0.15, -0.1) is 0 Å². The van der Waals surface area contributed by atoms with Crippen molar-refractivity contribution in [2.75, 3.05) is 20.6 Å². The molecule has 0 spiro atoms. The van der Waals surface area contributed by atoms with Crippen molar-refractivity contribution in [3.05, 3.63) is 66.0 Å². The number of hydrogen-bond acceptors (Lipinski definition) is 3. The summed E-state index contributed by atoms with van der Waals surface area (Å²) in [5, 5.41) is 0. The van der Waals surface area contributed by atoms with E-state index in [1.54, 1.807) is 36.3 Å². The third-order valence-electron chi connectivity index (χ3n) is 3.90. The minimum absolute atomic E-state index is 0.101. The summed E-state index contributed by atoms with van der Waals surface area (Å²) in [4.78, 5) is 31.6. The van der Waals surface area contributed by atoms with Gasteiger partial charge in [-0.25, -0.2) is 0 Å². The van der Waals surface area contributed by atoms with Crippen LogP contribution in [-0.2, 0) is 22.6 Å². The normalized spacial score (nSPS) is 10.2. The van der Waals surface area contributed by atoms with Crippen molar-refractivity contribution in [3.8, 4) is 0 Å². The summed E-state index contributed by atoms with van der Waals surface area (Å²) in [5.74, 6) is -0.325. The second-order valence-electron chi connectivity index (χ2n) is 5.83. The molecule has 1 aromatic heterocycles. The molecule has 0 bridgehead atoms. The van der Waals surface area contributed by atoms with Crippen molar-refractivity contribution >= 4 is 11.8 Å². The van der Waals surface area contributed by atoms with Crippen LogP contribution in [0.5, 0.6) is 0 Å². The summed E-state index contributed by atoms with van der Waals surface area (Å²) in [7, 11) is 3.45. The summed E-state index contributed by atoms with van der Waals surface area (Å²) < 4.78 is 0. The maximum Gasteiger partial charge on any atom is 0.232 e. The number of amides is 2. The van der Waals surface area contributed by atoms with Crippen LogP contribution in [0.2, 0.25) is 0 Å². The molecule has 5 nitrogen and oxygen atoms in total. The van der Waals surface area contributed by atoms with E-state index in [0.29, 0.717) is 13.1 Å². The molecule has 0 fully saturated rings. The van der Waals surface area contributed by atoms with Gasteiger partial charge in [-0.05, 0) is 29.7 Å². The SMILES string of the molecule is CN(CCc1ccncc1)C(=O)CC(=O)N(C)Cc1ccccc1. The Labute approximate surface area is 142 Å². The van der Waals surface area contributed by atoms with E-state index in [4.69, 9.17) is 0 Å².